The average molecular weight is 289 g/mol. The van der Waals surface area contributed by atoms with Crippen LogP contribution in [0.2, 0.25) is 0 Å². The predicted molar refractivity (Wildman–Crippen MR) is 76.5 cm³/mol. The first-order chi connectivity index (χ1) is 10.1. The molecular weight excluding hydrogens is 273 g/mol. The summed E-state index contributed by atoms with van der Waals surface area (Å²) >= 11 is 0. The molecule has 0 aliphatic carbocycles. The van der Waals surface area contributed by atoms with Crippen molar-refractivity contribution in [3.8, 4) is 0 Å². The molecule has 1 saturated heterocycles. The van der Waals surface area contributed by atoms with E-state index in [1.165, 1.54) is 12.1 Å². The van der Waals surface area contributed by atoms with Crippen LogP contribution in [0.3, 0.4) is 0 Å². The number of halogens is 1. The van der Waals surface area contributed by atoms with Gasteiger partial charge in [-0.1, -0.05) is 0 Å². The van der Waals surface area contributed by atoms with Crippen molar-refractivity contribution in [2.45, 2.75) is 25.8 Å². The molecule has 1 atom stereocenters. The number of amides is 2. The molecule has 2 amide bonds. The van der Waals surface area contributed by atoms with E-state index in [1.54, 1.807) is 13.0 Å². The second-order valence-corrected chi connectivity index (χ2v) is 5.27. The van der Waals surface area contributed by atoms with Gasteiger partial charge in [0.05, 0.1) is 0 Å². The molecule has 110 valence electrons. The van der Waals surface area contributed by atoms with Crippen molar-refractivity contribution in [2.24, 2.45) is 0 Å². The van der Waals surface area contributed by atoms with Crippen LogP contribution in [-0.2, 0) is 4.79 Å². The Kier molecular flexibility index (Phi) is 3.37. The number of fused-ring (bicyclic) bond motifs is 1. The zero-order valence-electron chi connectivity index (χ0n) is 11.6. The van der Waals surface area contributed by atoms with Crippen molar-refractivity contribution >= 4 is 22.7 Å². The molecule has 0 bridgehead atoms. The first-order valence-electron chi connectivity index (χ1n) is 6.92. The fourth-order valence-corrected chi connectivity index (χ4v) is 2.67. The molecule has 0 spiro atoms. The Morgan fingerprint density at radius 2 is 2.24 bits per heavy atom. The van der Waals surface area contributed by atoms with E-state index in [1.807, 2.05) is 0 Å². The highest BCUT2D eigenvalue weighted by Crippen LogP contribution is 2.22. The van der Waals surface area contributed by atoms with Crippen LogP contribution >= 0.6 is 0 Å². The Bertz CT molecular complexity index is 723. The molecule has 5 nitrogen and oxygen atoms in total. The summed E-state index contributed by atoms with van der Waals surface area (Å²) in [5.74, 6) is -0.844. The van der Waals surface area contributed by atoms with Gasteiger partial charge in [-0.15, -0.1) is 0 Å². The molecule has 1 aliphatic rings. The highest BCUT2D eigenvalue weighted by atomic mass is 19.1. The van der Waals surface area contributed by atoms with Crippen molar-refractivity contribution in [1.82, 2.24) is 15.6 Å². The fourth-order valence-electron chi connectivity index (χ4n) is 2.67. The molecule has 1 aromatic carbocycles. The maximum absolute atomic E-state index is 13.3. The van der Waals surface area contributed by atoms with Gasteiger partial charge >= 0.3 is 0 Å². The summed E-state index contributed by atoms with van der Waals surface area (Å²) in [7, 11) is 0. The minimum absolute atomic E-state index is 0.158. The monoisotopic (exact) mass is 289 g/mol. The Morgan fingerprint density at radius 1 is 1.43 bits per heavy atom. The van der Waals surface area contributed by atoms with E-state index >= 15 is 0 Å². The van der Waals surface area contributed by atoms with Crippen LogP contribution in [0, 0.1) is 12.7 Å². The number of carbonyl (C=O) groups excluding carboxylic acids is 2. The summed E-state index contributed by atoms with van der Waals surface area (Å²) < 4.78 is 13.3. The summed E-state index contributed by atoms with van der Waals surface area (Å²) in [5, 5.41) is 6.12. The lowest BCUT2D eigenvalue weighted by Gasteiger charge is -2.22. The van der Waals surface area contributed by atoms with Gasteiger partial charge in [0.2, 0.25) is 5.91 Å². The Labute approximate surface area is 120 Å². The van der Waals surface area contributed by atoms with Gasteiger partial charge in [0, 0.05) is 17.4 Å². The highest BCUT2D eigenvalue weighted by molar-refractivity contribution is 6.02. The number of rotatable bonds is 2. The quantitative estimate of drug-likeness (QED) is 0.786. The van der Waals surface area contributed by atoms with Gasteiger partial charge in [-0.3, -0.25) is 9.59 Å². The molecule has 1 fully saturated rings. The number of carbonyl (C=O) groups is 2. The van der Waals surface area contributed by atoms with E-state index in [2.05, 4.69) is 15.6 Å². The molecule has 0 saturated carbocycles. The maximum Gasteiger partial charge on any atom is 0.268 e. The maximum atomic E-state index is 13.3. The predicted octanol–water partition coefficient (Wildman–Crippen LogP) is 1.62. The van der Waals surface area contributed by atoms with Crippen LogP contribution in [0.5, 0.6) is 0 Å². The first-order valence-corrected chi connectivity index (χ1v) is 6.92. The zero-order chi connectivity index (χ0) is 15.0. The normalized spacial score (nSPS) is 18.6. The largest absolute Gasteiger partial charge is 0.354 e. The van der Waals surface area contributed by atoms with Gasteiger partial charge < -0.3 is 15.6 Å². The minimum atomic E-state index is -0.506. The van der Waals surface area contributed by atoms with Crippen LogP contribution in [0.25, 0.3) is 10.9 Å². The number of hydrogen-bond acceptors (Lipinski definition) is 2. The van der Waals surface area contributed by atoms with Crippen LogP contribution in [0.4, 0.5) is 4.39 Å². The minimum Gasteiger partial charge on any atom is -0.354 e. The number of hydrogen-bond donors (Lipinski definition) is 3. The standard InChI is InChI=1S/C15H16FN3O2/c1-8-10-7-9(16)4-5-11(10)18-13(8)15(21)19-12-3-2-6-17-14(12)20/h4-5,7,12,18H,2-3,6H2,1H3,(H,17,20)(H,19,21)/t12-/m0/s1. The van der Waals surface area contributed by atoms with Gasteiger partial charge in [-0.25, -0.2) is 4.39 Å². The molecular formula is C15H16FN3O2. The second-order valence-electron chi connectivity index (χ2n) is 5.27. The summed E-state index contributed by atoms with van der Waals surface area (Å²) in [6.07, 6.45) is 1.47. The number of aryl methyl sites for hydroxylation is 1. The Balaban J connectivity index is 1.87. The number of piperidine rings is 1. The van der Waals surface area contributed by atoms with E-state index in [0.717, 1.165) is 6.42 Å². The second kappa shape index (κ2) is 5.20. The highest BCUT2D eigenvalue weighted by Gasteiger charge is 2.25. The van der Waals surface area contributed by atoms with Crippen LogP contribution < -0.4 is 10.6 Å². The molecule has 2 aromatic rings. The molecule has 2 heterocycles. The fraction of sp³-hybridized carbons (Fsp3) is 0.333. The van der Waals surface area contributed by atoms with Gasteiger partial charge in [-0.05, 0) is 43.5 Å². The smallest absolute Gasteiger partial charge is 0.268 e. The lowest BCUT2D eigenvalue weighted by atomic mass is 10.1. The number of benzene rings is 1. The van der Waals surface area contributed by atoms with E-state index < -0.39 is 6.04 Å². The first kappa shape index (κ1) is 13.6. The molecule has 0 radical (unpaired) electrons. The Hall–Kier alpha value is -2.37. The molecule has 3 N–H and O–H groups in total. The van der Waals surface area contributed by atoms with Crippen LogP contribution in [0.1, 0.15) is 28.9 Å². The van der Waals surface area contributed by atoms with Crippen molar-refractivity contribution in [1.29, 1.82) is 0 Å². The van der Waals surface area contributed by atoms with E-state index in [0.29, 0.717) is 35.1 Å². The third kappa shape index (κ3) is 2.49. The molecule has 1 aliphatic heterocycles. The van der Waals surface area contributed by atoms with Gasteiger partial charge in [-0.2, -0.15) is 0 Å². The lowest BCUT2D eigenvalue weighted by Crippen LogP contribution is -2.50. The SMILES string of the molecule is Cc1c(C(=O)N[C@H]2CCCNC2=O)[nH]c2ccc(F)cc12. The molecule has 6 heteroatoms. The summed E-state index contributed by atoms with van der Waals surface area (Å²) in [6.45, 7) is 2.41. The summed E-state index contributed by atoms with van der Waals surface area (Å²) in [6, 6.07) is 3.83. The van der Waals surface area contributed by atoms with Crippen molar-refractivity contribution in [3.63, 3.8) is 0 Å². The third-order valence-corrected chi connectivity index (χ3v) is 3.84. The van der Waals surface area contributed by atoms with E-state index in [4.69, 9.17) is 0 Å². The third-order valence-electron chi connectivity index (χ3n) is 3.84. The average Bonchev–Trinajstić information content (AvgIpc) is 2.79. The van der Waals surface area contributed by atoms with E-state index in [9.17, 15) is 14.0 Å². The molecule has 21 heavy (non-hydrogen) atoms. The number of aromatic amines is 1. The summed E-state index contributed by atoms with van der Waals surface area (Å²) in [5.41, 5.74) is 1.75. The van der Waals surface area contributed by atoms with Crippen LogP contribution in [0.15, 0.2) is 18.2 Å². The van der Waals surface area contributed by atoms with Crippen molar-refractivity contribution in [3.05, 3.63) is 35.3 Å². The number of aromatic nitrogens is 1. The lowest BCUT2D eigenvalue weighted by molar-refractivity contribution is -0.124. The number of nitrogens with one attached hydrogen (secondary N) is 3. The van der Waals surface area contributed by atoms with Gasteiger partial charge in [0.1, 0.15) is 17.6 Å². The summed E-state index contributed by atoms with van der Waals surface area (Å²) in [4.78, 5) is 27.0. The van der Waals surface area contributed by atoms with Gasteiger partial charge in [0.15, 0.2) is 0 Å². The topological polar surface area (TPSA) is 74.0 Å². The molecule has 1 aromatic heterocycles. The van der Waals surface area contributed by atoms with Gasteiger partial charge in [0.25, 0.3) is 5.91 Å². The zero-order valence-corrected chi connectivity index (χ0v) is 11.6. The van der Waals surface area contributed by atoms with Crippen LogP contribution in [-0.4, -0.2) is 29.4 Å². The van der Waals surface area contributed by atoms with E-state index in [-0.39, 0.29) is 17.6 Å². The van der Waals surface area contributed by atoms with Crippen molar-refractivity contribution in [2.75, 3.05) is 6.54 Å². The molecule has 0 unspecified atom stereocenters. The Morgan fingerprint density at radius 3 is 3.00 bits per heavy atom. The number of H-pyrrole nitrogens is 1. The molecule has 3 rings (SSSR count). The van der Waals surface area contributed by atoms with Crippen molar-refractivity contribution < 1.29 is 14.0 Å².